The summed E-state index contributed by atoms with van der Waals surface area (Å²) in [7, 11) is 0. The molecule has 6 heteroatoms. The van der Waals surface area contributed by atoms with E-state index in [4.69, 9.17) is 18.5 Å². The third-order valence-electron chi connectivity index (χ3n) is 14.3. The van der Waals surface area contributed by atoms with Crippen molar-refractivity contribution in [3.8, 4) is 56.4 Å². The van der Waals surface area contributed by atoms with Crippen molar-refractivity contribution >= 4 is 44.0 Å². The first-order chi connectivity index (χ1) is 37.2. The topological polar surface area (TPSA) is 48.8 Å². The van der Waals surface area contributed by atoms with E-state index in [1.165, 1.54) is 39.1 Å². The SMILES string of the molecule is CC(C)c1cc(-c2ccccc2)cc(C(C)C)c1-n1c(-c2[c-]cccc2)nc2ccccc21.[2H]C([2H])([2H])c1c[c-]c(-c2nc3ccccc3n2-c2c(C(C)C)cccc2C(C)C)c2oc3cc(-c4ccccc4)ccc3c12.[Ir]. The van der Waals surface area contributed by atoms with Gasteiger partial charge < -0.3 is 13.6 Å². The number of furan rings is 1. The number of benzene rings is 9. The Kier molecular flexibility index (Phi) is 13.4. The van der Waals surface area contributed by atoms with Gasteiger partial charge in [0.15, 0.2) is 0 Å². The summed E-state index contributed by atoms with van der Waals surface area (Å²) in [5.74, 6) is 2.85. The Balaban J connectivity index is 0.000000181. The molecule has 0 aliphatic rings. The Morgan fingerprint density at radius 3 is 1.56 bits per heavy atom. The van der Waals surface area contributed by atoms with Gasteiger partial charge in [-0.15, -0.1) is 53.6 Å². The number of para-hydroxylation sites is 5. The van der Waals surface area contributed by atoms with Crippen LogP contribution in [0.2, 0.25) is 0 Å². The second kappa shape index (κ2) is 21.3. The molecule has 5 nitrogen and oxygen atoms in total. The normalized spacial score (nSPS) is 12.4. The fourth-order valence-corrected chi connectivity index (χ4v) is 10.6. The minimum Gasteiger partial charge on any atom is -0.501 e. The van der Waals surface area contributed by atoms with E-state index in [1.807, 2.05) is 66.7 Å². The molecule has 0 aliphatic carbocycles. The molecule has 12 rings (SSSR count). The summed E-state index contributed by atoms with van der Waals surface area (Å²) in [6.45, 7) is 15.6. The smallest absolute Gasteiger partial charge is 0.121 e. The van der Waals surface area contributed by atoms with Gasteiger partial charge in [0, 0.05) is 41.0 Å². The van der Waals surface area contributed by atoms with Crippen LogP contribution >= 0.6 is 0 Å². The van der Waals surface area contributed by atoms with Gasteiger partial charge in [-0.05, 0) is 111 Å². The molecule has 9 aromatic carbocycles. The summed E-state index contributed by atoms with van der Waals surface area (Å²) < 4.78 is 36.4. The Hall–Kier alpha value is -7.63. The van der Waals surface area contributed by atoms with Crippen molar-refractivity contribution in [2.24, 2.45) is 0 Å². The largest absolute Gasteiger partial charge is 0.501 e. The molecule has 0 amide bonds. The predicted molar refractivity (Wildman–Crippen MR) is 310 cm³/mol. The maximum atomic E-state index is 8.39. The summed E-state index contributed by atoms with van der Waals surface area (Å²) in [6.07, 6.45) is 0. The summed E-state index contributed by atoms with van der Waals surface area (Å²) in [5, 5.41) is 1.34. The van der Waals surface area contributed by atoms with Gasteiger partial charge in [0.25, 0.3) is 0 Å². The zero-order valence-corrected chi connectivity index (χ0v) is 46.1. The summed E-state index contributed by atoms with van der Waals surface area (Å²) in [6, 6.07) is 71.0. The zero-order chi connectivity index (χ0) is 53.7. The van der Waals surface area contributed by atoms with Crippen LogP contribution in [0.4, 0.5) is 0 Å². The molecule has 3 heterocycles. The molecule has 75 heavy (non-hydrogen) atoms. The van der Waals surface area contributed by atoms with Crippen molar-refractivity contribution in [1.29, 1.82) is 0 Å². The first-order valence-electron chi connectivity index (χ1n) is 27.4. The van der Waals surface area contributed by atoms with Crippen molar-refractivity contribution < 1.29 is 28.6 Å². The first-order valence-corrected chi connectivity index (χ1v) is 25.9. The van der Waals surface area contributed by atoms with E-state index >= 15 is 0 Å². The molecule has 0 aliphatic heterocycles. The van der Waals surface area contributed by atoms with Crippen LogP contribution in [0.15, 0.2) is 192 Å². The Bertz CT molecular complexity index is 4040. The van der Waals surface area contributed by atoms with Gasteiger partial charge >= 0.3 is 0 Å². The maximum absolute atomic E-state index is 8.39. The Morgan fingerprint density at radius 1 is 0.480 bits per heavy atom. The summed E-state index contributed by atoms with van der Waals surface area (Å²) in [5.41, 5.74) is 18.9. The number of hydrogen-bond acceptors (Lipinski definition) is 3. The third-order valence-corrected chi connectivity index (χ3v) is 14.3. The Morgan fingerprint density at radius 2 is 1.00 bits per heavy atom. The van der Waals surface area contributed by atoms with E-state index in [0.717, 1.165) is 55.7 Å². The van der Waals surface area contributed by atoms with Crippen LogP contribution in [-0.2, 0) is 20.1 Å². The van der Waals surface area contributed by atoms with Crippen molar-refractivity contribution in [3.05, 3.63) is 228 Å². The van der Waals surface area contributed by atoms with Gasteiger partial charge in [0.05, 0.1) is 39.3 Å². The number of imidazole rings is 2. The van der Waals surface area contributed by atoms with E-state index in [9.17, 15) is 0 Å². The van der Waals surface area contributed by atoms with E-state index in [0.29, 0.717) is 39.8 Å². The van der Waals surface area contributed by atoms with Gasteiger partial charge in [-0.25, -0.2) is 0 Å². The van der Waals surface area contributed by atoms with Gasteiger partial charge in [-0.3, -0.25) is 9.97 Å². The van der Waals surface area contributed by atoms with Crippen LogP contribution in [0.3, 0.4) is 0 Å². The third kappa shape index (κ3) is 9.47. The average Bonchev–Trinajstić information content (AvgIpc) is 4.34. The molecular weight excluding hydrogens is 1090 g/mol. The molecule has 0 bridgehead atoms. The molecule has 375 valence electrons. The second-order valence-corrected chi connectivity index (χ2v) is 20.5. The monoisotopic (exact) mass is 1160 g/mol. The van der Waals surface area contributed by atoms with E-state index < -0.39 is 6.85 Å². The molecule has 0 atom stereocenters. The van der Waals surface area contributed by atoms with Crippen LogP contribution in [-0.4, -0.2) is 19.1 Å². The van der Waals surface area contributed by atoms with E-state index in [2.05, 4.69) is 192 Å². The van der Waals surface area contributed by atoms with Crippen molar-refractivity contribution in [1.82, 2.24) is 19.1 Å². The van der Waals surface area contributed by atoms with Gasteiger partial charge in [-0.2, -0.15) is 0 Å². The van der Waals surface area contributed by atoms with Crippen LogP contribution in [0.5, 0.6) is 0 Å². The fourth-order valence-electron chi connectivity index (χ4n) is 10.6. The number of nitrogens with zero attached hydrogens (tertiary/aromatic N) is 4. The first kappa shape index (κ1) is 47.1. The quantitative estimate of drug-likeness (QED) is 0.128. The second-order valence-electron chi connectivity index (χ2n) is 20.5. The molecule has 12 aromatic rings. The van der Waals surface area contributed by atoms with Crippen molar-refractivity contribution in [2.45, 2.75) is 85.9 Å². The number of aryl methyl sites for hydroxylation is 1. The molecular formula is C69H62IrN4O-2. The van der Waals surface area contributed by atoms with Crippen LogP contribution in [0.25, 0.3) is 100 Å². The molecule has 0 fully saturated rings. The molecule has 0 spiro atoms. The number of rotatable bonds is 10. The van der Waals surface area contributed by atoms with Gasteiger partial charge in [-0.1, -0.05) is 188 Å². The minimum atomic E-state index is -2.35. The number of hydrogen-bond donors (Lipinski definition) is 0. The molecule has 3 aromatic heterocycles. The van der Waals surface area contributed by atoms with E-state index in [1.54, 1.807) is 6.07 Å². The van der Waals surface area contributed by atoms with Crippen LogP contribution in [0, 0.1) is 19.0 Å². The van der Waals surface area contributed by atoms with Crippen molar-refractivity contribution in [2.75, 3.05) is 0 Å². The summed E-state index contributed by atoms with van der Waals surface area (Å²) in [4.78, 5) is 10.2. The zero-order valence-electron chi connectivity index (χ0n) is 46.7. The number of aromatic nitrogens is 4. The fraction of sp³-hybridized carbons (Fsp3) is 0.188. The molecule has 0 N–H and O–H groups in total. The predicted octanol–water partition coefficient (Wildman–Crippen LogP) is 19.0. The van der Waals surface area contributed by atoms with Gasteiger partial charge in [0.1, 0.15) is 5.58 Å². The Labute approximate surface area is 459 Å². The van der Waals surface area contributed by atoms with E-state index in [-0.39, 0.29) is 37.5 Å². The molecule has 0 saturated heterocycles. The summed E-state index contributed by atoms with van der Waals surface area (Å²) >= 11 is 0. The minimum absolute atomic E-state index is 0. The van der Waals surface area contributed by atoms with Crippen LogP contribution in [0.1, 0.15) is 111 Å². The molecule has 0 unspecified atom stereocenters. The van der Waals surface area contributed by atoms with Crippen LogP contribution < -0.4 is 0 Å². The standard InChI is InChI=1S/C38H33N2O.C31H29N2.Ir/c1-23(2)28-14-11-15-29(24(3)4)36(28)40-33-17-10-9-16-32(33)39-38(40)31-20-18-25(5)35-30-21-19-27(22-34(30)41-37(31)35)26-12-7-6-8-13-26;1-21(2)26-19-25(23-13-7-5-8-14-23)20-27(22(3)4)30(26)33-29-18-12-11-17-28(29)32-31(33)24-15-9-6-10-16-24;/h6-19,21-24H,1-5H3;5-15,17-22H,1-4H3;/q2*-1;/i5D3;;. The van der Waals surface area contributed by atoms with Crippen molar-refractivity contribution in [3.63, 3.8) is 0 Å². The number of fused-ring (bicyclic) bond motifs is 5. The van der Waals surface area contributed by atoms with Gasteiger partial charge in [0.2, 0.25) is 0 Å². The molecule has 1 radical (unpaired) electrons. The maximum Gasteiger partial charge on any atom is 0.121 e. The average molecular weight is 1160 g/mol. The molecule has 0 saturated carbocycles.